The van der Waals surface area contributed by atoms with Crippen LogP contribution >= 0.6 is 15.9 Å². The highest BCUT2D eigenvalue weighted by Gasteiger charge is 2.38. The molecule has 140 valence electrons. The lowest BCUT2D eigenvalue weighted by Crippen LogP contribution is -2.44. The lowest BCUT2D eigenvalue weighted by Gasteiger charge is -2.32. The van der Waals surface area contributed by atoms with Crippen LogP contribution in [0.15, 0.2) is 46.9 Å². The van der Waals surface area contributed by atoms with Gasteiger partial charge in [0, 0.05) is 4.47 Å². The van der Waals surface area contributed by atoms with Gasteiger partial charge in [-0.05, 0) is 49.6 Å². The molecular weight excluding hydrogens is 408 g/mol. The fraction of sp³-hybridized carbons (Fsp3) is 0.333. The van der Waals surface area contributed by atoms with Gasteiger partial charge in [-0.1, -0.05) is 47.0 Å². The first-order valence-electron chi connectivity index (χ1n) is 9.18. The second-order valence-corrected chi connectivity index (χ2v) is 8.10. The van der Waals surface area contributed by atoms with E-state index < -0.39 is 6.10 Å². The summed E-state index contributed by atoms with van der Waals surface area (Å²) in [5.41, 5.74) is 1.73. The molecule has 1 aliphatic carbocycles. The van der Waals surface area contributed by atoms with Gasteiger partial charge < -0.3 is 15.4 Å². The van der Waals surface area contributed by atoms with Gasteiger partial charge in [0.25, 0.3) is 11.8 Å². The zero-order valence-electron chi connectivity index (χ0n) is 15.0. The van der Waals surface area contributed by atoms with Crippen LogP contribution in [0.1, 0.15) is 48.5 Å². The maximum Gasteiger partial charge on any atom is 0.265 e. The maximum atomic E-state index is 13.2. The number of halogens is 1. The van der Waals surface area contributed by atoms with Crippen molar-refractivity contribution in [1.29, 1.82) is 0 Å². The number of ether oxygens (including phenoxy) is 1. The van der Waals surface area contributed by atoms with Crippen molar-refractivity contribution in [3.05, 3.63) is 58.1 Å². The molecule has 1 saturated carbocycles. The van der Waals surface area contributed by atoms with Crippen molar-refractivity contribution < 1.29 is 14.3 Å². The van der Waals surface area contributed by atoms with E-state index in [1.807, 2.05) is 12.1 Å². The molecule has 27 heavy (non-hydrogen) atoms. The van der Waals surface area contributed by atoms with E-state index in [1.54, 1.807) is 25.1 Å². The standard InChI is InChI=1S/C21H21BrN2O3/c1-13-19(25)23-17-6-4-5-16(18(17)27-13)20(26)24-21(11-2-3-12-21)14-7-9-15(22)10-8-14/h4-10,13H,2-3,11-12H2,1H3,(H,23,25)(H,24,26). The van der Waals surface area contributed by atoms with E-state index in [1.165, 1.54) is 0 Å². The average molecular weight is 429 g/mol. The number of nitrogens with one attached hydrogen (secondary N) is 2. The van der Waals surface area contributed by atoms with Gasteiger partial charge in [-0.25, -0.2) is 0 Å². The van der Waals surface area contributed by atoms with Gasteiger partial charge in [0.1, 0.15) is 0 Å². The Kier molecular flexibility index (Phi) is 4.68. The molecule has 1 aliphatic heterocycles. The molecule has 2 aliphatic rings. The first kappa shape index (κ1) is 18.0. The largest absolute Gasteiger partial charge is 0.478 e. The van der Waals surface area contributed by atoms with Gasteiger partial charge in [-0.15, -0.1) is 0 Å². The molecule has 0 spiro atoms. The number of fused-ring (bicyclic) bond motifs is 1. The summed E-state index contributed by atoms with van der Waals surface area (Å²) in [6.45, 7) is 1.67. The molecule has 2 amide bonds. The molecule has 0 radical (unpaired) electrons. The second-order valence-electron chi connectivity index (χ2n) is 7.18. The lowest BCUT2D eigenvalue weighted by atomic mass is 9.87. The number of anilines is 1. The molecule has 2 N–H and O–H groups in total. The number of carbonyl (C=O) groups excluding carboxylic acids is 2. The molecule has 1 atom stereocenters. The van der Waals surface area contributed by atoms with Crippen LogP contribution in [0.5, 0.6) is 5.75 Å². The molecule has 5 nitrogen and oxygen atoms in total. The summed E-state index contributed by atoms with van der Waals surface area (Å²) < 4.78 is 6.75. The molecule has 0 saturated heterocycles. The minimum Gasteiger partial charge on any atom is -0.478 e. The molecule has 2 aromatic carbocycles. The first-order chi connectivity index (χ1) is 13.0. The third kappa shape index (κ3) is 3.34. The molecule has 1 unspecified atom stereocenters. The summed E-state index contributed by atoms with van der Waals surface area (Å²) in [4.78, 5) is 25.0. The number of para-hydroxylation sites is 1. The zero-order valence-corrected chi connectivity index (χ0v) is 16.6. The van der Waals surface area contributed by atoms with E-state index in [0.717, 1.165) is 35.7 Å². The van der Waals surface area contributed by atoms with Crippen LogP contribution in [-0.4, -0.2) is 17.9 Å². The summed E-state index contributed by atoms with van der Waals surface area (Å²) in [7, 11) is 0. The molecule has 1 heterocycles. The highest BCUT2D eigenvalue weighted by atomic mass is 79.9. The van der Waals surface area contributed by atoms with Gasteiger partial charge in [0.15, 0.2) is 11.9 Å². The molecule has 0 bridgehead atoms. The predicted molar refractivity (Wildman–Crippen MR) is 107 cm³/mol. The summed E-state index contributed by atoms with van der Waals surface area (Å²) in [6, 6.07) is 13.4. The van der Waals surface area contributed by atoms with Crippen molar-refractivity contribution in [3.8, 4) is 5.75 Å². The number of hydrogen-bond acceptors (Lipinski definition) is 3. The van der Waals surface area contributed by atoms with E-state index in [9.17, 15) is 9.59 Å². The van der Waals surface area contributed by atoms with Gasteiger partial charge in [-0.3, -0.25) is 9.59 Å². The zero-order chi connectivity index (χ0) is 19.0. The van der Waals surface area contributed by atoms with Crippen molar-refractivity contribution in [2.45, 2.75) is 44.2 Å². The van der Waals surface area contributed by atoms with Gasteiger partial charge >= 0.3 is 0 Å². The highest BCUT2D eigenvalue weighted by Crippen LogP contribution is 2.40. The Morgan fingerprint density at radius 2 is 1.89 bits per heavy atom. The van der Waals surface area contributed by atoms with Crippen LogP contribution in [0, 0.1) is 0 Å². The van der Waals surface area contributed by atoms with E-state index in [2.05, 4.69) is 38.7 Å². The molecule has 6 heteroatoms. The Balaban J connectivity index is 1.66. The number of benzene rings is 2. The van der Waals surface area contributed by atoms with Crippen molar-refractivity contribution in [1.82, 2.24) is 5.32 Å². The summed E-state index contributed by atoms with van der Waals surface area (Å²) in [5, 5.41) is 6.07. The average Bonchev–Trinajstić information content (AvgIpc) is 3.12. The normalized spacial score (nSPS) is 20.4. The molecule has 2 aromatic rings. The topological polar surface area (TPSA) is 67.4 Å². The Bertz CT molecular complexity index is 889. The Morgan fingerprint density at radius 3 is 2.59 bits per heavy atom. The first-order valence-corrected chi connectivity index (χ1v) is 9.97. The summed E-state index contributed by atoms with van der Waals surface area (Å²) >= 11 is 3.47. The third-order valence-corrected chi connectivity index (χ3v) is 5.92. The number of carbonyl (C=O) groups is 2. The summed E-state index contributed by atoms with van der Waals surface area (Å²) in [6.07, 6.45) is 3.34. The van der Waals surface area contributed by atoms with E-state index >= 15 is 0 Å². The van der Waals surface area contributed by atoms with Crippen LogP contribution in [0.25, 0.3) is 0 Å². The van der Waals surface area contributed by atoms with Crippen molar-refractivity contribution in [2.24, 2.45) is 0 Å². The van der Waals surface area contributed by atoms with Crippen LogP contribution in [0.4, 0.5) is 5.69 Å². The smallest absolute Gasteiger partial charge is 0.265 e. The van der Waals surface area contributed by atoms with E-state index in [4.69, 9.17) is 4.74 Å². The molecular formula is C21H21BrN2O3. The van der Waals surface area contributed by atoms with Crippen LogP contribution < -0.4 is 15.4 Å². The fourth-order valence-corrected chi connectivity index (χ4v) is 4.19. The van der Waals surface area contributed by atoms with E-state index in [-0.39, 0.29) is 17.4 Å². The van der Waals surface area contributed by atoms with Crippen molar-refractivity contribution in [3.63, 3.8) is 0 Å². The number of hydrogen-bond donors (Lipinski definition) is 2. The number of rotatable bonds is 3. The second kappa shape index (κ2) is 7.00. The van der Waals surface area contributed by atoms with Crippen LogP contribution in [0.3, 0.4) is 0 Å². The van der Waals surface area contributed by atoms with E-state index in [0.29, 0.717) is 17.0 Å². The molecule has 4 rings (SSSR count). The minimum absolute atomic E-state index is 0.181. The van der Waals surface area contributed by atoms with Gasteiger partial charge in [-0.2, -0.15) is 0 Å². The van der Waals surface area contributed by atoms with Crippen molar-refractivity contribution >= 4 is 33.4 Å². The van der Waals surface area contributed by atoms with Gasteiger partial charge in [0.2, 0.25) is 0 Å². The van der Waals surface area contributed by atoms with Gasteiger partial charge in [0.05, 0.1) is 16.8 Å². The maximum absolute atomic E-state index is 13.2. The third-order valence-electron chi connectivity index (χ3n) is 5.39. The Labute approximate surface area is 166 Å². The molecule has 1 fully saturated rings. The SMILES string of the molecule is CC1Oc2c(cccc2C(=O)NC2(c3ccc(Br)cc3)CCCC2)NC1=O. The lowest BCUT2D eigenvalue weighted by molar-refractivity contribution is -0.122. The minimum atomic E-state index is -0.627. The predicted octanol–water partition coefficient (Wildman–Crippen LogP) is 4.37. The monoisotopic (exact) mass is 428 g/mol. The number of amides is 2. The molecule has 0 aromatic heterocycles. The van der Waals surface area contributed by atoms with Crippen LogP contribution in [0.2, 0.25) is 0 Å². The Hall–Kier alpha value is -2.34. The van der Waals surface area contributed by atoms with Crippen molar-refractivity contribution in [2.75, 3.05) is 5.32 Å². The van der Waals surface area contributed by atoms with Crippen LogP contribution in [-0.2, 0) is 10.3 Å². The Morgan fingerprint density at radius 1 is 1.19 bits per heavy atom. The quantitative estimate of drug-likeness (QED) is 0.762. The highest BCUT2D eigenvalue weighted by molar-refractivity contribution is 9.10. The fourth-order valence-electron chi connectivity index (χ4n) is 3.92. The summed E-state index contributed by atoms with van der Waals surface area (Å²) in [5.74, 6) is 0.0493.